The number of imide groups is 1. The van der Waals surface area contributed by atoms with Crippen molar-refractivity contribution in [3.63, 3.8) is 0 Å². The maximum atomic E-state index is 12.5. The van der Waals surface area contributed by atoms with Gasteiger partial charge in [0.2, 0.25) is 0 Å². The summed E-state index contributed by atoms with van der Waals surface area (Å²) in [5.74, 6) is -2.89. The minimum atomic E-state index is -1.08. The van der Waals surface area contributed by atoms with Gasteiger partial charge in [-0.1, -0.05) is 60.7 Å². The van der Waals surface area contributed by atoms with Crippen LogP contribution in [0.1, 0.15) is 35.2 Å². The van der Waals surface area contributed by atoms with Gasteiger partial charge < -0.3 is 9.94 Å². The number of carboxylic acids is 1. The van der Waals surface area contributed by atoms with Crippen molar-refractivity contribution in [2.45, 2.75) is 25.7 Å². The van der Waals surface area contributed by atoms with Gasteiger partial charge in [0.05, 0.1) is 23.0 Å². The average Bonchev–Trinajstić information content (AvgIpc) is 3.18. The molecule has 2 heterocycles. The monoisotopic (exact) mass is 468 g/mol. The highest BCUT2D eigenvalue weighted by Crippen LogP contribution is 2.36. The molecule has 0 unspecified atom stereocenters. The Kier molecular flexibility index (Phi) is 5.70. The molecule has 174 valence electrons. The number of carbonyl (C=O) groups is 4. The standard InChI is InChI=1S/C27H20N2O6/c30-21-13-14-22(31)29(21)35-23(32)15-11-17-10-12-18(16-6-2-1-3-7-16)24-25(27(33)34)19-8-4-5-9-20(19)28-26(17)24/h1-10,12H,11,13-15H2,(H,33,34). The first kappa shape index (κ1) is 22.2. The highest BCUT2D eigenvalue weighted by atomic mass is 16.7. The molecule has 8 heteroatoms. The van der Waals surface area contributed by atoms with E-state index in [0.717, 1.165) is 11.1 Å². The Bertz CT molecular complexity index is 1500. The van der Waals surface area contributed by atoms with E-state index in [1.54, 1.807) is 24.3 Å². The Hall–Kier alpha value is -4.59. The summed E-state index contributed by atoms with van der Waals surface area (Å²) in [5.41, 5.74) is 3.36. The molecule has 5 rings (SSSR count). The molecule has 3 aromatic carbocycles. The average molecular weight is 468 g/mol. The number of carboxylic acid groups (broad SMARTS) is 1. The predicted octanol–water partition coefficient (Wildman–Crippen LogP) is 4.29. The third kappa shape index (κ3) is 4.10. The summed E-state index contributed by atoms with van der Waals surface area (Å²) in [6, 6.07) is 20.1. The molecule has 0 atom stereocenters. The number of fused-ring (bicyclic) bond motifs is 2. The molecular weight excluding hydrogens is 448 g/mol. The number of aryl methyl sites for hydroxylation is 1. The van der Waals surface area contributed by atoms with E-state index >= 15 is 0 Å². The zero-order chi connectivity index (χ0) is 24.5. The number of benzene rings is 3. The topological polar surface area (TPSA) is 114 Å². The highest BCUT2D eigenvalue weighted by Gasteiger charge is 2.32. The second kappa shape index (κ2) is 8.98. The van der Waals surface area contributed by atoms with Crippen molar-refractivity contribution in [1.82, 2.24) is 10.0 Å². The molecule has 0 radical (unpaired) electrons. The summed E-state index contributed by atoms with van der Waals surface area (Å²) >= 11 is 0. The number of amides is 2. The van der Waals surface area contributed by atoms with Crippen molar-refractivity contribution in [2.24, 2.45) is 0 Å². The smallest absolute Gasteiger partial charge is 0.337 e. The minimum Gasteiger partial charge on any atom is -0.478 e. The van der Waals surface area contributed by atoms with Gasteiger partial charge >= 0.3 is 11.9 Å². The van der Waals surface area contributed by atoms with Crippen molar-refractivity contribution >= 4 is 45.6 Å². The van der Waals surface area contributed by atoms with Crippen molar-refractivity contribution in [3.05, 3.63) is 77.9 Å². The SMILES string of the molecule is O=C(CCc1ccc(-c2ccccc2)c2c(C(=O)O)c3ccccc3nc12)ON1C(=O)CCC1=O. The molecule has 0 spiro atoms. The van der Waals surface area contributed by atoms with Crippen LogP contribution in [0.2, 0.25) is 0 Å². The fraction of sp³-hybridized carbons (Fsp3) is 0.148. The Morgan fingerprint density at radius 2 is 1.60 bits per heavy atom. The van der Waals surface area contributed by atoms with Gasteiger partial charge in [-0.2, -0.15) is 0 Å². The molecule has 1 N–H and O–H groups in total. The van der Waals surface area contributed by atoms with E-state index in [1.807, 2.05) is 42.5 Å². The molecule has 8 nitrogen and oxygen atoms in total. The number of aromatic carboxylic acids is 1. The molecule has 1 saturated heterocycles. The normalized spacial score (nSPS) is 13.5. The lowest BCUT2D eigenvalue weighted by atomic mass is 9.91. The fourth-order valence-corrected chi connectivity index (χ4v) is 4.38. The highest BCUT2D eigenvalue weighted by molar-refractivity contribution is 6.18. The molecule has 0 bridgehead atoms. The zero-order valence-electron chi connectivity index (χ0n) is 18.6. The first-order valence-corrected chi connectivity index (χ1v) is 11.1. The number of para-hydroxylation sites is 1. The van der Waals surface area contributed by atoms with E-state index in [1.165, 1.54) is 0 Å². The second-order valence-corrected chi connectivity index (χ2v) is 8.22. The fourth-order valence-electron chi connectivity index (χ4n) is 4.38. The first-order chi connectivity index (χ1) is 16.9. The summed E-state index contributed by atoms with van der Waals surface area (Å²) in [7, 11) is 0. The molecule has 4 aromatic rings. The van der Waals surface area contributed by atoms with Gasteiger partial charge in [0, 0.05) is 23.6 Å². The lowest BCUT2D eigenvalue weighted by molar-refractivity contribution is -0.197. The molecule has 35 heavy (non-hydrogen) atoms. The van der Waals surface area contributed by atoms with Crippen LogP contribution in [0.3, 0.4) is 0 Å². The van der Waals surface area contributed by atoms with Crippen LogP contribution in [-0.4, -0.2) is 38.9 Å². The lowest BCUT2D eigenvalue weighted by Gasteiger charge is -2.16. The number of rotatable bonds is 6. The largest absolute Gasteiger partial charge is 0.478 e. The number of hydroxylamine groups is 2. The van der Waals surface area contributed by atoms with E-state index in [2.05, 4.69) is 0 Å². The number of pyridine rings is 1. The Labute approximate surface area is 199 Å². The Morgan fingerprint density at radius 3 is 2.31 bits per heavy atom. The third-order valence-electron chi connectivity index (χ3n) is 6.01. The quantitative estimate of drug-likeness (QED) is 0.332. The predicted molar refractivity (Wildman–Crippen MR) is 127 cm³/mol. The second-order valence-electron chi connectivity index (χ2n) is 8.22. The first-order valence-electron chi connectivity index (χ1n) is 11.1. The summed E-state index contributed by atoms with van der Waals surface area (Å²) in [5, 5.41) is 11.7. The van der Waals surface area contributed by atoms with Crippen LogP contribution in [0.4, 0.5) is 0 Å². The van der Waals surface area contributed by atoms with Crippen molar-refractivity contribution in [1.29, 1.82) is 0 Å². The van der Waals surface area contributed by atoms with Gasteiger partial charge in [0.1, 0.15) is 0 Å². The summed E-state index contributed by atoms with van der Waals surface area (Å²) < 4.78 is 0. The lowest BCUT2D eigenvalue weighted by Crippen LogP contribution is -2.32. The number of hydrogen-bond acceptors (Lipinski definition) is 6. The van der Waals surface area contributed by atoms with Crippen LogP contribution in [-0.2, 0) is 25.6 Å². The van der Waals surface area contributed by atoms with E-state index in [4.69, 9.17) is 9.82 Å². The van der Waals surface area contributed by atoms with E-state index in [-0.39, 0.29) is 31.2 Å². The molecule has 1 aromatic heterocycles. The minimum absolute atomic E-state index is 0.0205. The van der Waals surface area contributed by atoms with Gasteiger partial charge in [-0.3, -0.25) is 9.59 Å². The summed E-state index contributed by atoms with van der Waals surface area (Å²) in [6.07, 6.45) is 0.109. The zero-order valence-corrected chi connectivity index (χ0v) is 18.6. The van der Waals surface area contributed by atoms with Crippen LogP contribution in [0, 0.1) is 0 Å². The molecule has 0 saturated carbocycles. The molecule has 2 amide bonds. The van der Waals surface area contributed by atoms with Gasteiger partial charge in [-0.15, -0.1) is 5.06 Å². The number of hydrogen-bond donors (Lipinski definition) is 1. The number of carbonyl (C=O) groups excluding carboxylic acids is 3. The molecule has 0 aliphatic carbocycles. The van der Waals surface area contributed by atoms with Gasteiger partial charge in [-0.25, -0.2) is 14.6 Å². The van der Waals surface area contributed by atoms with Crippen molar-refractivity contribution in [3.8, 4) is 11.1 Å². The Morgan fingerprint density at radius 1 is 0.914 bits per heavy atom. The molecule has 1 aliphatic rings. The van der Waals surface area contributed by atoms with Gasteiger partial charge in [0.25, 0.3) is 11.8 Å². The van der Waals surface area contributed by atoms with E-state index in [0.29, 0.717) is 32.4 Å². The number of nitrogens with zero attached hydrogens (tertiary/aromatic N) is 2. The third-order valence-corrected chi connectivity index (χ3v) is 6.01. The van der Waals surface area contributed by atoms with Crippen LogP contribution in [0.25, 0.3) is 32.9 Å². The van der Waals surface area contributed by atoms with Crippen molar-refractivity contribution in [2.75, 3.05) is 0 Å². The van der Waals surface area contributed by atoms with Crippen LogP contribution in [0.15, 0.2) is 66.7 Å². The number of aromatic nitrogens is 1. The van der Waals surface area contributed by atoms with E-state index in [9.17, 15) is 24.3 Å². The van der Waals surface area contributed by atoms with Crippen LogP contribution >= 0.6 is 0 Å². The molecule has 1 fully saturated rings. The van der Waals surface area contributed by atoms with Gasteiger partial charge in [-0.05, 0) is 29.2 Å². The van der Waals surface area contributed by atoms with Gasteiger partial charge in [0.15, 0.2) is 0 Å². The molecular formula is C27H20N2O6. The van der Waals surface area contributed by atoms with Crippen LogP contribution < -0.4 is 0 Å². The maximum absolute atomic E-state index is 12.5. The molecule has 1 aliphatic heterocycles. The Balaban J connectivity index is 1.60. The van der Waals surface area contributed by atoms with E-state index < -0.39 is 23.8 Å². The van der Waals surface area contributed by atoms with Crippen molar-refractivity contribution < 1.29 is 29.1 Å². The maximum Gasteiger partial charge on any atom is 0.337 e. The van der Waals surface area contributed by atoms with Crippen LogP contribution in [0.5, 0.6) is 0 Å². The summed E-state index contributed by atoms with van der Waals surface area (Å²) in [4.78, 5) is 58.1. The summed E-state index contributed by atoms with van der Waals surface area (Å²) in [6.45, 7) is 0.